The molecule has 2 heterocycles. The van der Waals surface area contributed by atoms with Gasteiger partial charge in [-0.15, -0.1) is 0 Å². The molecule has 1 atom stereocenters. The molecule has 0 spiro atoms. The summed E-state index contributed by atoms with van der Waals surface area (Å²) in [7, 11) is 0. The molecule has 5 heteroatoms. The molecule has 0 aromatic carbocycles. The first-order valence-electron chi connectivity index (χ1n) is 7.51. The molecule has 1 fully saturated rings. The molecule has 1 aliphatic rings. The average molecular weight is 278 g/mol. The van der Waals surface area contributed by atoms with Gasteiger partial charge in [0.05, 0.1) is 12.1 Å². The van der Waals surface area contributed by atoms with E-state index < -0.39 is 0 Å². The zero-order valence-electron chi connectivity index (χ0n) is 13.0. The lowest BCUT2D eigenvalue weighted by Gasteiger charge is -2.35. The van der Waals surface area contributed by atoms with Crippen LogP contribution in [0.2, 0.25) is 0 Å². The van der Waals surface area contributed by atoms with Gasteiger partial charge in [0.25, 0.3) is 0 Å². The molecular formula is C15H26N4O. The van der Waals surface area contributed by atoms with E-state index in [2.05, 4.69) is 48.3 Å². The molecule has 0 saturated carbocycles. The van der Waals surface area contributed by atoms with E-state index >= 15 is 0 Å². The van der Waals surface area contributed by atoms with Crippen LogP contribution >= 0.6 is 0 Å². The van der Waals surface area contributed by atoms with E-state index in [0.717, 1.165) is 50.1 Å². The zero-order valence-corrected chi connectivity index (χ0v) is 13.0. The molecule has 0 amide bonds. The number of rotatable bonds is 5. The Labute approximate surface area is 121 Å². The average Bonchev–Trinajstić information content (AvgIpc) is 2.39. The minimum absolute atomic E-state index is 0.0374. The third-order valence-corrected chi connectivity index (χ3v) is 3.49. The summed E-state index contributed by atoms with van der Waals surface area (Å²) < 4.78 is 5.59. The lowest BCUT2D eigenvalue weighted by atomic mass is 9.95. The quantitative estimate of drug-likeness (QED) is 0.867. The van der Waals surface area contributed by atoms with Crippen molar-refractivity contribution in [3.8, 4) is 0 Å². The van der Waals surface area contributed by atoms with Crippen LogP contribution in [0.1, 0.15) is 52.3 Å². The Morgan fingerprint density at radius 3 is 2.70 bits per heavy atom. The molecule has 0 bridgehead atoms. The second-order valence-electron chi connectivity index (χ2n) is 6.02. The summed E-state index contributed by atoms with van der Waals surface area (Å²) in [5.41, 5.74) is -0.0374. The monoisotopic (exact) mass is 278 g/mol. The number of anilines is 2. The van der Waals surface area contributed by atoms with E-state index in [1.54, 1.807) is 0 Å². The van der Waals surface area contributed by atoms with Gasteiger partial charge >= 0.3 is 0 Å². The fraction of sp³-hybridized carbons (Fsp3) is 0.733. The van der Waals surface area contributed by atoms with Gasteiger partial charge in [0.15, 0.2) is 0 Å². The Hall–Kier alpha value is -1.36. The fourth-order valence-corrected chi connectivity index (χ4v) is 2.40. The van der Waals surface area contributed by atoms with Crippen LogP contribution in [0.3, 0.4) is 0 Å². The first-order valence-corrected chi connectivity index (χ1v) is 7.51. The van der Waals surface area contributed by atoms with Crippen LogP contribution in [0, 0.1) is 0 Å². The van der Waals surface area contributed by atoms with Crippen molar-refractivity contribution < 1.29 is 4.74 Å². The van der Waals surface area contributed by atoms with Gasteiger partial charge in [-0.3, -0.25) is 0 Å². The Morgan fingerprint density at radius 2 is 2.10 bits per heavy atom. The van der Waals surface area contributed by atoms with Crippen LogP contribution in [0.5, 0.6) is 0 Å². The summed E-state index contributed by atoms with van der Waals surface area (Å²) in [6.45, 7) is 10.9. The molecule has 0 radical (unpaired) electrons. The maximum atomic E-state index is 5.59. The molecule has 20 heavy (non-hydrogen) atoms. The number of hydrogen-bond donors (Lipinski definition) is 2. The molecule has 1 saturated heterocycles. The maximum absolute atomic E-state index is 5.59. The van der Waals surface area contributed by atoms with Crippen molar-refractivity contribution in [2.75, 3.05) is 30.4 Å². The van der Waals surface area contributed by atoms with Crippen molar-refractivity contribution in [2.24, 2.45) is 0 Å². The van der Waals surface area contributed by atoms with Crippen molar-refractivity contribution in [2.45, 2.75) is 52.0 Å². The largest absolute Gasteiger partial charge is 0.379 e. The Balaban J connectivity index is 2.20. The minimum Gasteiger partial charge on any atom is -0.379 e. The van der Waals surface area contributed by atoms with Gasteiger partial charge in [-0.2, -0.15) is 0 Å². The van der Waals surface area contributed by atoms with Crippen LogP contribution < -0.4 is 10.6 Å². The van der Waals surface area contributed by atoms with E-state index in [-0.39, 0.29) is 5.54 Å². The molecule has 1 aromatic rings. The zero-order chi connectivity index (χ0) is 14.6. The van der Waals surface area contributed by atoms with Gasteiger partial charge in [0.2, 0.25) is 0 Å². The van der Waals surface area contributed by atoms with Crippen molar-refractivity contribution in [3.63, 3.8) is 0 Å². The Kier molecular flexibility index (Phi) is 4.81. The van der Waals surface area contributed by atoms with Crippen molar-refractivity contribution in [1.29, 1.82) is 0 Å². The molecule has 2 N–H and O–H groups in total. The number of aromatic nitrogens is 2. The van der Waals surface area contributed by atoms with E-state index in [4.69, 9.17) is 4.74 Å². The molecule has 5 nitrogen and oxygen atoms in total. The third kappa shape index (κ3) is 3.82. The van der Waals surface area contributed by atoms with Crippen LogP contribution in [-0.4, -0.2) is 35.3 Å². The van der Waals surface area contributed by atoms with Gasteiger partial charge < -0.3 is 15.4 Å². The lowest BCUT2D eigenvalue weighted by Crippen LogP contribution is -2.43. The molecule has 2 rings (SSSR count). The van der Waals surface area contributed by atoms with Crippen molar-refractivity contribution >= 4 is 11.6 Å². The van der Waals surface area contributed by atoms with E-state index in [1.165, 1.54) is 0 Å². The molecule has 1 unspecified atom stereocenters. The van der Waals surface area contributed by atoms with E-state index in [1.807, 2.05) is 6.07 Å². The summed E-state index contributed by atoms with van der Waals surface area (Å²) in [4.78, 5) is 9.18. The second-order valence-corrected chi connectivity index (χ2v) is 6.02. The van der Waals surface area contributed by atoms with Crippen LogP contribution in [0.15, 0.2) is 6.07 Å². The Bertz CT molecular complexity index is 441. The number of ether oxygens (including phenoxy) is 1. The highest BCUT2D eigenvalue weighted by molar-refractivity contribution is 5.49. The smallest absolute Gasteiger partial charge is 0.135 e. The first kappa shape index (κ1) is 15.0. The highest BCUT2D eigenvalue weighted by Crippen LogP contribution is 2.25. The lowest BCUT2D eigenvalue weighted by molar-refractivity contribution is 0.0539. The van der Waals surface area contributed by atoms with Gasteiger partial charge in [-0.25, -0.2) is 9.97 Å². The van der Waals surface area contributed by atoms with Crippen LogP contribution in [-0.2, 0) is 4.74 Å². The summed E-state index contributed by atoms with van der Waals surface area (Å²) in [5.74, 6) is 2.94. The van der Waals surface area contributed by atoms with Crippen LogP contribution in [0.25, 0.3) is 0 Å². The summed E-state index contributed by atoms with van der Waals surface area (Å²) >= 11 is 0. The van der Waals surface area contributed by atoms with Crippen molar-refractivity contribution in [1.82, 2.24) is 9.97 Å². The minimum atomic E-state index is -0.0374. The second kappa shape index (κ2) is 6.39. The van der Waals surface area contributed by atoms with E-state index in [9.17, 15) is 0 Å². The first-order chi connectivity index (χ1) is 9.52. The normalized spacial score (nSPS) is 22.9. The fourth-order valence-electron chi connectivity index (χ4n) is 2.40. The molecule has 0 aliphatic carbocycles. The van der Waals surface area contributed by atoms with Gasteiger partial charge in [0.1, 0.15) is 17.5 Å². The number of hydrogen-bond acceptors (Lipinski definition) is 5. The molecule has 1 aromatic heterocycles. The number of nitrogens with one attached hydrogen (secondary N) is 2. The van der Waals surface area contributed by atoms with E-state index in [0.29, 0.717) is 5.92 Å². The van der Waals surface area contributed by atoms with Gasteiger partial charge in [-0.05, 0) is 26.7 Å². The highest BCUT2D eigenvalue weighted by Gasteiger charge is 2.28. The van der Waals surface area contributed by atoms with Crippen LogP contribution in [0.4, 0.5) is 11.6 Å². The van der Waals surface area contributed by atoms with Gasteiger partial charge in [0, 0.05) is 25.1 Å². The predicted octanol–water partition coefficient (Wildman–Crippen LogP) is 3.01. The highest BCUT2D eigenvalue weighted by atomic mass is 16.5. The maximum Gasteiger partial charge on any atom is 0.135 e. The third-order valence-electron chi connectivity index (χ3n) is 3.49. The SMILES string of the molecule is CCNc1cc(NC2(C)CCCOC2)nc(C(C)C)n1. The molecule has 1 aliphatic heterocycles. The van der Waals surface area contributed by atoms with Crippen molar-refractivity contribution in [3.05, 3.63) is 11.9 Å². The standard InChI is InChI=1S/C15H26N4O/c1-5-16-12-9-13(18-14(17-12)11(2)3)19-15(4)7-6-8-20-10-15/h9,11H,5-8,10H2,1-4H3,(H2,16,17,18,19). The summed E-state index contributed by atoms with van der Waals surface area (Å²) in [5, 5.41) is 6.81. The molecular weight excluding hydrogens is 252 g/mol. The summed E-state index contributed by atoms with van der Waals surface area (Å²) in [6.07, 6.45) is 2.19. The van der Waals surface area contributed by atoms with Gasteiger partial charge in [-0.1, -0.05) is 13.8 Å². The molecule has 112 valence electrons. The predicted molar refractivity (Wildman–Crippen MR) is 82.4 cm³/mol. The number of nitrogens with zero attached hydrogens (tertiary/aromatic N) is 2. The Morgan fingerprint density at radius 1 is 1.35 bits per heavy atom. The topological polar surface area (TPSA) is 59.1 Å². The summed E-state index contributed by atoms with van der Waals surface area (Å²) in [6, 6.07) is 1.98.